The second-order valence-corrected chi connectivity index (χ2v) is 3.04. The topological polar surface area (TPSA) is 18.5 Å². The molecule has 0 bridgehead atoms. The third kappa shape index (κ3) is 2.17. The first kappa shape index (κ1) is 8.49. The van der Waals surface area contributed by atoms with Gasteiger partial charge >= 0.3 is 0 Å². The van der Waals surface area contributed by atoms with Crippen LogP contribution in [0.15, 0.2) is 12.7 Å². The Balaban J connectivity index is 2.46. The van der Waals surface area contributed by atoms with Crippen molar-refractivity contribution in [3.8, 4) is 0 Å². The molecule has 0 aromatic rings. The molecule has 1 heterocycles. The fourth-order valence-corrected chi connectivity index (χ4v) is 1.21. The van der Waals surface area contributed by atoms with Crippen molar-refractivity contribution in [1.29, 1.82) is 0 Å². The van der Waals surface area contributed by atoms with Crippen LogP contribution in [0.5, 0.6) is 0 Å². The lowest BCUT2D eigenvalue weighted by Gasteiger charge is -2.35. The number of nitrogens with one attached hydrogen (secondary N) is 1. The molecule has 0 saturated carbocycles. The molecule has 1 saturated heterocycles. The maximum absolute atomic E-state index is 5.09. The molecule has 0 aromatic carbocycles. The molecular formula is C7H13N3S. The van der Waals surface area contributed by atoms with Crippen molar-refractivity contribution >= 4 is 17.3 Å². The van der Waals surface area contributed by atoms with Crippen LogP contribution in [-0.2, 0) is 0 Å². The Morgan fingerprint density at radius 1 is 1.82 bits per heavy atom. The molecule has 0 atom stereocenters. The maximum Gasteiger partial charge on any atom is 0.171 e. The molecule has 1 aliphatic rings. The Labute approximate surface area is 72.7 Å². The van der Waals surface area contributed by atoms with Gasteiger partial charge in [0.25, 0.3) is 0 Å². The van der Waals surface area contributed by atoms with Gasteiger partial charge in [0.2, 0.25) is 0 Å². The van der Waals surface area contributed by atoms with E-state index in [-0.39, 0.29) is 0 Å². The fourth-order valence-electron chi connectivity index (χ4n) is 1.02. The lowest BCUT2D eigenvalue weighted by molar-refractivity contribution is 0.196. The summed E-state index contributed by atoms with van der Waals surface area (Å²) in [6, 6.07) is 0. The monoisotopic (exact) mass is 171 g/mol. The van der Waals surface area contributed by atoms with Crippen molar-refractivity contribution in [2.45, 2.75) is 0 Å². The van der Waals surface area contributed by atoms with Gasteiger partial charge in [0, 0.05) is 6.54 Å². The number of hydrogen-bond donors (Lipinski definition) is 1. The van der Waals surface area contributed by atoms with E-state index in [2.05, 4.69) is 21.7 Å². The Morgan fingerprint density at radius 2 is 2.55 bits per heavy atom. The third-order valence-electron chi connectivity index (χ3n) is 1.55. The van der Waals surface area contributed by atoms with Crippen molar-refractivity contribution in [3.63, 3.8) is 0 Å². The summed E-state index contributed by atoms with van der Waals surface area (Å²) in [7, 11) is 2.05. The van der Waals surface area contributed by atoms with Crippen LogP contribution < -0.4 is 5.32 Å². The molecule has 1 N–H and O–H groups in total. The van der Waals surface area contributed by atoms with Crippen LogP contribution in [0.1, 0.15) is 0 Å². The van der Waals surface area contributed by atoms with E-state index in [0.29, 0.717) is 0 Å². The van der Waals surface area contributed by atoms with Crippen molar-refractivity contribution < 1.29 is 0 Å². The molecule has 62 valence electrons. The highest BCUT2D eigenvalue weighted by Gasteiger charge is 2.15. The van der Waals surface area contributed by atoms with Gasteiger partial charge in [-0.3, -0.25) is 4.90 Å². The summed E-state index contributed by atoms with van der Waals surface area (Å²) in [4.78, 5) is 4.21. The van der Waals surface area contributed by atoms with Crippen molar-refractivity contribution in [2.24, 2.45) is 0 Å². The summed E-state index contributed by atoms with van der Waals surface area (Å²) >= 11 is 5.09. The highest BCUT2D eigenvalue weighted by molar-refractivity contribution is 7.80. The second kappa shape index (κ2) is 3.69. The largest absolute Gasteiger partial charge is 0.350 e. The molecule has 4 heteroatoms. The highest BCUT2D eigenvalue weighted by Crippen LogP contribution is 1.98. The van der Waals surface area contributed by atoms with Gasteiger partial charge < -0.3 is 10.2 Å². The second-order valence-electron chi connectivity index (χ2n) is 2.65. The molecule has 1 rings (SSSR count). The molecule has 3 nitrogen and oxygen atoms in total. The average molecular weight is 171 g/mol. The van der Waals surface area contributed by atoms with E-state index >= 15 is 0 Å². The maximum atomic E-state index is 5.09. The van der Waals surface area contributed by atoms with E-state index in [1.807, 2.05) is 13.1 Å². The molecule has 0 aliphatic carbocycles. The summed E-state index contributed by atoms with van der Waals surface area (Å²) in [6.45, 7) is 6.21. The van der Waals surface area contributed by atoms with Crippen LogP contribution in [0, 0.1) is 0 Å². The van der Waals surface area contributed by atoms with Crippen molar-refractivity contribution in [2.75, 3.05) is 26.9 Å². The lowest BCUT2D eigenvalue weighted by atomic mass is 10.5. The summed E-state index contributed by atoms with van der Waals surface area (Å²) in [5.74, 6) is 0. The standard InChI is InChI=1S/C7H13N3S/c1-3-4-10-6-9(2)5-8-7(10)11/h3H,1,4-6H2,2H3,(H,8,11). The molecule has 1 fully saturated rings. The first-order valence-corrected chi connectivity index (χ1v) is 3.97. The fraction of sp³-hybridized carbons (Fsp3) is 0.571. The molecule has 1 aliphatic heterocycles. The number of hydrogen-bond acceptors (Lipinski definition) is 2. The Morgan fingerprint density at radius 3 is 3.18 bits per heavy atom. The van der Waals surface area contributed by atoms with Crippen LogP contribution in [0.25, 0.3) is 0 Å². The molecule has 11 heavy (non-hydrogen) atoms. The Bertz CT molecular complexity index is 169. The molecule has 0 spiro atoms. The third-order valence-corrected chi connectivity index (χ3v) is 1.95. The minimum Gasteiger partial charge on any atom is -0.350 e. The number of nitrogens with zero attached hydrogens (tertiary/aromatic N) is 2. The van der Waals surface area contributed by atoms with E-state index in [4.69, 9.17) is 12.2 Å². The van der Waals surface area contributed by atoms with Gasteiger partial charge in [-0.15, -0.1) is 6.58 Å². The predicted octanol–water partition coefficient (Wildman–Crippen LogP) is 0.209. The molecule has 0 aromatic heterocycles. The number of thiocarbonyl (C=S) groups is 1. The minimum atomic E-state index is 0.816. The van der Waals surface area contributed by atoms with Gasteiger partial charge in [-0.05, 0) is 19.3 Å². The van der Waals surface area contributed by atoms with Gasteiger partial charge in [0.15, 0.2) is 5.11 Å². The summed E-state index contributed by atoms with van der Waals surface area (Å²) in [5.41, 5.74) is 0. The van der Waals surface area contributed by atoms with Crippen LogP contribution >= 0.6 is 12.2 Å². The lowest BCUT2D eigenvalue weighted by Crippen LogP contribution is -2.54. The van der Waals surface area contributed by atoms with E-state index in [9.17, 15) is 0 Å². The van der Waals surface area contributed by atoms with Gasteiger partial charge in [-0.1, -0.05) is 6.08 Å². The van der Waals surface area contributed by atoms with Crippen LogP contribution in [0.2, 0.25) is 0 Å². The zero-order valence-corrected chi connectivity index (χ0v) is 7.52. The van der Waals surface area contributed by atoms with Gasteiger partial charge in [0.05, 0.1) is 13.3 Å². The van der Waals surface area contributed by atoms with E-state index in [1.165, 1.54) is 0 Å². The zero-order chi connectivity index (χ0) is 8.27. The molecule has 0 radical (unpaired) electrons. The minimum absolute atomic E-state index is 0.816. The summed E-state index contributed by atoms with van der Waals surface area (Å²) in [5, 5.41) is 3.92. The Hall–Kier alpha value is -0.610. The van der Waals surface area contributed by atoms with E-state index in [0.717, 1.165) is 25.0 Å². The number of rotatable bonds is 2. The predicted molar refractivity (Wildman–Crippen MR) is 50.1 cm³/mol. The quantitative estimate of drug-likeness (QED) is 0.472. The Kier molecular flexibility index (Phi) is 2.84. The summed E-state index contributed by atoms with van der Waals surface area (Å²) < 4.78 is 0. The van der Waals surface area contributed by atoms with Crippen LogP contribution in [0.4, 0.5) is 0 Å². The van der Waals surface area contributed by atoms with Gasteiger partial charge in [0.1, 0.15) is 0 Å². The summed E-state index contributed by atoms with van der Waals surface area (Å²) in [6.07, 6.45) is 1.85. The van der Waals surface area contributed by atoms with Gasteiger partial charge in [-0.25, -0.2) is 0 Å². The van der Waals surface area contributed by atoms with E-state index < -0.39 is 0 Å². The van der Waals surface area contributed by atoms with Crippen LogP contribution in [-0.4, -0.2) is 41.8 Å². The first-order chi connectivity index (χ1) is 5.24. The zero-order valence-electron chi connectivity index (χ0n) is 6.71. The van der Waals surface area contributed by atoms with Crippen LogP contribution in [0.3, 0.4) is 0 Å². The van der Waals surface area contributed by atoms with Crippen molar-refractivity contribution in [3.05, 3.63) is 12.7 Å². The molecule has 0 unspecified atom stereocenters. The SMILES string of the molecule is C=CCN1CN(C)CNC1=S. The smallest absolute Gasteiger partial charge is 0.171 e. The molecular weight excluding hydrogens is 158 g/mol. The first-order valence-electron chi connectivity index (χ1n) is 3.56. The van der Waals surface area contributed by atoms with E-state index in [1.54, 1.807) is 0 Å². The molecule has 0 amide bonds. The van der Waals surface area contributed by atoms with Gasteiger partial charge in [-0.2, -0.15) is 0 Å². The normalized spacial score (nSPS) is 19.7. The van der Waals surface area contributed by atoms with Crippen molar-refractivity contribution in [1.82, 2.24) is 15.1 Å². The average Bonchev–Trinajstić information content (AvgIpc) is 1.98. The highest BCUT2D eigenvalue weighted by atomic mass is 32.1.